The Morgan fingerprint density at radius 1 is 1.13 bits per heavy atom. The molecule has 2 aromatic heterocycles. The van der Waals surface area contributed by atoms with E-state index in [1.807, 2.05) is 0 Å². The van der Waals surface area contributed by atoms with E-state index in [9.17, 15) is 32.3 Å². The lowest BCUT2D eigenvalue weighted by molar-refractivity contribution is -0.141. The number of carbonyl (C=O) groups excluding carboxylic acids is 2. The van der Waals surface area contributed by atoms with Crippen molar-refractivity contribution in [3.8, 4) is 22.6 Å². The molecule has 5 rings (SSSR count). The SMILES string of the molecule is CCn1cc(-c2cc(Cn3ccn(C)c3=NC(=O)OC(C)(C)C)cc3c2OC/C(=C\c2ccc(F)c(O)c2)C3=O)c(C(F)(F)F)n1. The van der Waals surface area contributed by atoms with Crippen LogP contribution in [-0.4, -0.2) is 48.1 Å². The number of ketones is 1. The Kier molecular flexibility index (Phi) is 8.41. The van der Waals surface area contributed by atoms with Gasteiger partial charge in [0.2, 0.25) is 5.62 Å². The maximum absolute atomic E-state index is 14.2. The molecule has 1 amide bonds. The first-order chi connectivity index (χ1) is 21.5. The number of phenols is 1. The zero-order chi connectivity index (χ0) is 33.6. The van der Waals surface area contributed by atoms with Gasteiger partial charge in [-0.3, -0.25) is 9.48 Å². The van der Waals surface area contributed by atoms with Crippen molar-refractivity contribution in [3.63, 3.8) is 0 Å². The molecule has 242 valence electrons. The molecule has 1 aliphatic heterocycles. The number of alkyl halides is 3. The molecule has 0 bridgehead atoms. The lowest BCUT2D eigenvalue weighted by Gasteiger charge is -2.23. The normalized spacial score (nSPS) is 14.8. The third-order valence-corrected chi connectivity index (χ3v) is 6.99. The van der Waals surface area contributed by atoms with Gasteiger partial charge in [0.1, 0.15) is 18.0 Å². The van der Waals surface area contributed by atoms with Crippen LogP contribution in [0.1, 0.15) is 54.9 Å². The summed E-state index contributed by atoms with van der Waals surface area (Å²) in [6, 6.07) is 6.54. The van der Waals surface area contributed by atoms with E-state index < -0.39 is 40.9 Å². The molecule has 1 N–H and O–H groups in total. The molecule has 0 spiro atoms. The van der Waals surface area contributed by atoms with Gasteiger partial charge in [0.05, 0.1) is 12.1 Å². The average molecular weight is 642 g/mol. The van der Waals surface area contributed by atoms with Crippen LogP contribution >= 0.6 is 0 Å². The largest absolute Gasteiger partial charge is 0.505 e. The Balaban J connectivity index is 1.66. The fraction of sp³-hybridized carbons (Fsp3) is 0.312. The van der Waals surface area contributed by atoms with E-state index in [0.29, 0.717) is 11.1 Å². The number of benzene rings is 2. The average Bonchev–Trinajstić information content (AvgIpc) is 3.55. The summed E-state index contributed by atoms with van der Waals surface area (Å²) in [7, 11) is 1.66. The van der Waals surface area contributed by atoms with Crippen LogP contribution in [0.25, 0.3) is 17.2 Å². The highest BCUT2D eigenvalue weighted by Gasteiger charge is 2.39. The molecule has 4 aromatic rings. The predicted molar refractivity (Wildman–Crippen MR) is 159 cm³/mol. The van der Waals surface area contributed by atoms with E-state index in [1.54, 1.807) is 56.3 Å². The van der Waals surface area contributed by atoms with E-state index >= 15 is 0 Å². The fourth-order valence-corrected chi connectivity index (χ4v) is 4.96. The van der Waals surface area contributed by atoms with Crippen molar-refractivity contribution >= 4 is 18.0 Å². The summed E-state index contributed by atoms with van der Waals surface area (Å²) in [5.41, 5.74) is -1.14. The second-order valence-corrected chi connectivity index (χ2v) is 11.7. The first-order valence-electron chi connectivity index (χ1n) is 14.2. The maximum Gasteiger partial charge on any atom is 0.437 e. The second kappa shape index (κ2) is 12.0. The molecule has 3 heterocycles. The van der Waals surface area contributed by atoms with Crippen LogP contribution in [0, 0.1) is 5.82 Å². The van der Waals surface area contributed by atoms with Crippen LogP contribution in [0.15, 0.2) is 59.5 Å². The van der Waals surface area contributed by atoms with Crippen molar-refractivity contribution in [2.75, 3.05) is 6.61 Å². The number of nitrogens with zero attached hydrogens (tertiary/aromatic N) is 5. The minimum Gasteiger partial charge on any atom is -0.505 e. The van der Waals surface area contributed by atoms with Gasteiger partial charge in [-0.25, -0.2) is 9.18 Å². The number of aromatic hydroxyl groups is 1. The number of ether oxygens (including phenoxy) is 2. The lowest BCUT2D eigenvalue weighted by Crippen LogP contribution is -2.29. The Morgan fingerprint density at radius 3 is 2.50 bits per heavy atom. The van der Waals surface area contributed by atoms with Gasteiger partial charge in [-0.1, -0.05) is 6.07 Å². The first kappa shape index (κ1) is 32.3. The molecule has 1 aliphatic rings. The van der Waals surface area contributed by atoms with Crippen molar-refractivity contribution < 1.29 is 41.7 Å². The number of phenolic OH excluding ortho intramolecular Hbond substituents is 1. The molecule has 0 saturated heterocycles. The summed E-state index contributed by atoms with van der Waals surface area (Å²) in [6.07, 6.45) is 0.298. The summed E-state index contributed by atoms with van der Waals surface area (Å²) in [5.74, 6) is -2.02. The Morgan fingerprint density at radius 2 is 1.85 bits per heavy atom. The number of fused-ring (bicyclic) bond motifs is 1. The Labute approximate surface area is 260 Å². The molecular formula is C32H31F4N5O5. The minimum atomic E-state index is -4.80. The first-order valence-corrected chi connectivity index (χ1v) is 14.2. The van der Waals surface area contributed by atoms with Crippen molar-refractivity contribution in [2.24, 2.45) is 12.0 Å². The van der Waals surface area contributed by atoms with Crippen molar-refractivity contribution in [2.45, 2.75) is 52.6 Å². The van der Waals surface area contributed by atoms with Crippen molar-refractivity contribution in [1.29, 1.82) is 0 Å². The molecule has 0 saturated carbocycles. The highest BCUT2D eigenvalue weighted by Crippen LogP contribution is 2.44. The molecule has 14 heteroatoms. The summed E-state index contributed by atoms with van der Waals surface area (Å²) >= 11 is 0. The number of Topliss-reactive ketones (excluding diaryl/α,β-unsaturated/α-hetero) is 1. The summed E-state index contributed by atoms with van der Waals surface area (Å²) in [5, 5.41) is 13.5. The van der Waals surface area contributed by atoms with Gasteiger partial charge in [0, 0.05) is 48.9 Å². The van der Waals surface area contributed by atoms with E-state index in [1.165, 1.54) is 30.5 Å². The quantitative estimate of drug-likeness (QED) is 0.208. The van der Waals surface area contributed by atoms with Crippen LogP contribution in [0.5, 0.6) is 11.5 Å². The number of aromatic nitrogens is 4. The fourth-order valence-electron chi connectivity index (χ4n) is 4.96. The van der Waals surface area contributed by atoms with Gasteiger partial charge < -0.3 is 23.7 Å². The highest BCUT2D eigenvalue weighted by molar-refractivity contribution is 6.15. The minimum absolute atomic E-state index is 0.00383. The van der Waals surface area contributed by atoms with Crippen LogP contribution < -0.4 is 10.4 Å². The predicted octanol–water partition coefficient (Wildman–Crippen LogP) is 6.12. The molecular weight excluding hydrogens is 610 g/mol. The van der Waals surface area contributed by atoms with Gasteiger partial charge in [-0.05, 0) is 69.2 Å². The Hall–Kier alpha value is -5.14. The van der Waals surface area contributed by atoms with Gasteiger partial charge in [0.25, 0.3) is 0 Å². The van der Waals surface area contributed by atoms with Gasteiger partial charge in [-0.15, -0.1) is 4.99 Å². The number of rotatable bonds is 5. The number of hydrogen-bond donors (Lipinski definition) is 1. The molecule has 0 radical (unpaired) electrons. The van der Waals surface area contributed by atoms with Gasteiger partial charge in [-0.2, -0.15) is 18.3 Å². The number of imidazole rings is 1. The number of halogens is 4. The second-order valence-electron chi connectivity index (χ2n) is 11.7. The zero-order valence-corrected chi connectivity index (χ0v) is 25.6. The molecule has 10 nitrogen and oxygen atoms in total. The van der Waals surface area contributed by atoms with Gasteiger partial charge in [0.15, 0.2) is 23.0 Å². The van der Waals surface area contributed by atoms with Crippen molar-refractivity contribution in [3.05, 3.63) is 88.3 Å². The number of carbonyl (C=O) groups is 2. The van der Waals surface area contributed by atoms with Crippen LogP contribution in [-0.2, 0) is 31.1 Å². The van der Waals surface area contributed by atoms with Crippen LogP contribution in [0.4, 0.5) is 22.4 Å². The van der Waals surface area contributed by atoms with Crippen LogP contribution in [0.2, 0.25) is 0 Å². The Bertz CT molecular complexity index is 1940. The third-order valence-electron chi connectivity index (χ3n) is 6.99. The molecule has 0 fully saturated rings. The van der Waals surface area contributed by atoms with Crippen molar-refractivity contribution in [1.82, 2.24) is 18.9 Å². The molecule has 46 heavy (non-hydrogen) atoms. The van der Waals surface area contributed by atoms with E-state index in [-0.39, 0.29) is 53.3 Å². The number of amides is 1. The van der Waals surface area contributed by atoms with E-state index in [0.717, 1.165) is 16.8 Å². The smallest absolute Gasteiger partial charge is 0.437 e. The molecule has 2 aromatic carbocycles. The number of hydrogen-bond acceptors (Lipinski definition) is 6. The summed E-state index contributed by atoms with van der Waals surface area (Å²) < 4.78 is 71.8. The van der Waals surface area contributed by atoms with Crippen LogP contribution in [0.3, 0.4) is 0 Å². The topological polar surface area (TPSA) is 113 Å². The lowest BCUT2D eigenvalue weighted by atomic mass is 9.91. The number of aryl methyl sites for hydroxylation is 2. The van der Waals surface area contributed by atoms with E-state index in [4.69, 9.17) is 9.47 Å². The zero-order valence-electron chi connectivity index (χ0n) is 25.6. The van der Waals surface area contributed by atoms with Gasteiger partial charge >= 0.3 is 12.3 Å². The highest BCUT2D eigenvalue weighted by atomic mass is 19.4. The molecule has 0 unspecified atom stereocenters. The van der Waals surface area contributed by atoms with E-state index in [2.05, 4.69) is 10.1 Å². The molecule has 0 atom stereocenters. The standard InChI is InChI=1S/C32H31F4N5O5/c1-6-41-16-23(28(38-41)32(34,35)36)21-12-19(15-40-10-9-39(5)29(40)37-30(44)46-31(2,3)4)13-22-26(43)20(17-45-27(21)22)11-18-7-8-24(33)25(42)14-18/h7-14,16,42H,6,15,17H2,1-5H3/b20-11+,37-29?. The summed E-state index contributed by atoms with van der Waals surface area (Å²) in [4.78, 5) is 30.4. The third kappa shape index (κ3) is 6.75. The summed E-state index contributed by atoms with van der Waals surface area (Å²) in [6.45, 7) is 6.63. The molecule has 0 aliphatic carbocycles. The maximum atomic E-state index is 14.2. The monoisotopic (exact) mass is 641 g/mol.